The van der Waals surface area contributed by atoms with Crippen molar-refractivity contribution in [3.63, 3.8) is 0 Å². The number of nitrogens with zero attached hydrogens (tertiary/aromatic N) is 1. The van der Waals surface area contributed by atoms with Crippen LogP contribution in [0.2, 0.25) is 0 Å². The lowest BCUT2D eigenvalue weighted by molar-refractivity contribution is 0.0941. The van der Waals surface area contributed by atoms with Crippen molar-refractivity contribution in [1.82, 2.24) is 15.5 Å². The van der Waals surface area contributed by atoms with Crippen LogP contribution in [-0.2, 0) is 0 Å². The summed E-state index contributed by atoms with van der Waals surface area (Å²) in [6, 6.07) is 8.93. The maximum atomic E-state index is 12.8. The molecule has 1 aliphatic heterocycles. The average molecular weight is 446 g/mol. The predicted molar refractivity (Wildman–Crippen MR) is 125 cm³/mol. The first-order chi connectivity index (χ1) is 15.0. The van der Waals surface area contributed by atoms with Crippen molar-refractivity contribution < 1.29 is 14.3 Å². The number of carbonyl (C=O) groups excluding carboxylic acids is 2. The minimum absolute atomic E-state index is 0.0832. The minimum atomic E-state index is -0.696. The fraction of sp³-hybridized carbons (Fsp3) is 0.455. The van der Waals surface area contributed by atoms with Crippen LogP contribution in [0.15, 0.2) is 30.3 Å². The first-order valence-electron chi connectivity index (χ1n) is 10.7. The molecule has 0 aliphatic carbocycles. The van der Waals surface area contributed by atoms with Crippen molar-refractivity contribution in [2.75, 3.05) is 44.6 Å². The number of amides is 3. The van der Waals surface area contributed by atoms with Gasteiger partial charge in [-0.05, 0) is 49.8 Å². The van der Waals surface area contributed by atoms with Crippen molar-refractivity contribution in [1.29, 1.82) is 0 Å². The zero-order chi connectivity index (χ0) is 22.2. The van der Waals surface area contributed by atoms with Gasteiger partial charge in [0, 0.05) is 24.0 Å². The topological polar surface area (TPSA) is 109 Å². The Hall–Kier alpha value is -2.62. The molecule has 1 atom stereocenters. The zero-order valence-corrected chi connectivity index (χ0v) is 18.9. The molecule has 0 radical (unpaired) electrons. The molecule has 31 heavy (non-hydrogen) atoms. The van der Waals surface area contributed by atoms with Crippen LogP contribution in [0, 0.1) is 0 Å². The molecule has 0 bridgehead atoms. The first kappa shape index (κ1) is 23.1. The maximum absolute atomic E-state index is 12.8. The van der Waals surface area contributed by atoms with E-state index in [2.05, 4.69) is 34.7 Å². The molecular weight excluding hydrogens is 414 g/mol. The van der Waals surface area contributed by atoms with E-state index in [1.165, 1.54) is 11.3 Å². The standard InChI is InChI=1S/C22H31N5O3S/c1-3-27(4-2)10-11-30-17-7-5-6-15(12-17)19-13-18(21(31-19)26-22(23)29)20(28)25-16-8-9-24-14-16/h5-7,12-13,16,24H,3-4,8-11,14H2,1-2H3,(H,25,28)(H3,23,26,29). The highest BCUT2D eigenvalue weighted by Crippen LogP contribution is 2.36. The summed E-state index contributed by atoms with van der Waals surface area (Å²) in [4.78, 5) is 27.4. The molecule has 9 heteroatoms. The number of thiophene rings is 1. The third kappa shape index (κ3) is 6.43. The molecule has 3 amide bonds. The lowest BCUT2D eigenvalue weighted by Gasteiger charge is -2.18. The van der Waals surface area contributed by atoms with E-state index < -0.39 is 6.03 Å². The Balaban J connectivity index is 1.76. The number of anilines is 1. The van der Waals surface area contributed by atoms with Crippen molar-refractivity contribution in [2.45, 2.75) is 26.3 Å². The molecule has 5 N–H and O–H groups in total. The molecule has 8 nitrogen and oxygen atoms in total. The average Bonchev–Trinajstić information content (AvgIpc) is 3.41. The highest BCUT2D eigenvalue weighted by Gasteiger charge is 2.22. The largest absolute Gasteiger partial charge is 0.492 e. The molecule has 1 aliphatic rings. The second kappa shape index (κ2) is 11.1. The van der Waals surface area contributed by atoms with Crippen LogP contribution in [0.4, 0.5) is 9.80 Å². The molecule has 168 valence electrons. The van der Waals surface area contributed by atoms with Crippen LogP contribution in [-0.4, -0.2) is 62.2 Å². The Kier molecular flexibility index (Phi) is 8.27. The molecule has 1 unspecified atom stereocenters. The van der Waals surface area contributed by atoms with Gasteiger partial charge in [0.05, 0.1) is 5.56 Å². The van der Waals surface area contributed by atoms with Crippen molar-refractivity contribution in [3.05, 3.63) is 35.9 Å². The first-order valence-corrected chi connectivity index (χ1v) is 11.5. The Morgan fingerprint density at radius 1 is 1.29 bits per heavy atom. The van der Waals surface area contributed by atoms with E-state index in [0.29, 0.717) is 17.2 Å². The molecule has 3 rings (SSSR count). The van der Waals surface area contributed by atoms with Gasteiger partial charge in [-0.2, -0.15) is 0 Å². The monoisotopic (exact) mass is 445 g/mol. The number of urea groups is 1. The van der Waals surface area contributed by atoms with E-state index in [4.69, 9.17) is 10.5 Å². The molecule has 2 heterocycles. The quantitative estimate of drug-likeness (QED) is 0.450. The highest BCUT2D eigenvalue weighted by molar-refractivity contribution is 7.20. The highest BCUT2D eigenvalue weighted by atomic mass is 32.1. The van der Waals surface area contributed by atoms with E-state index in [1.807, 2.05) is 24.3 Å². The fourth-order valence-corrected chi connectivity index (χ4v) is 4.57. The summed E-state index contributed by atoms with van der Waals surface area (Å²) in [5, 5.41) is 9.27. The molecule has 1 fully saturated rings. The summed E-state index contributed by atoms with van der Waals surface area (Å²) < 4.78 is 5.93. The van der Waals surface area contributed by atoms with Gasteiger partial charge in [0.2, 0.25) is 0 Å². The number of carbonyl (C=O) groups is 2. The van der Waals surface area contributed by atoms with Gasteiger partial charge in [0.15, 0.2) is 0 Å². The summed E-state index contributed by atoms with van der Waals surface area (Å²) >= 11 is 1.32. The Morgan fingerprint density at radius 3 is 2.77 bits per heavy atom. The lowest BCUT2D eigenvalue weighted by Crippen LogP contribution is -2.36. The van der Waals surface area contributed by atoms with Crippen LogP contribution in [0.25, 0.3) is 10.4 Å². The number of ether oxygens (including phenoxy) is 1. The van der Waals surface area contributed by atoms with Gasteiger partial charge in [-0.25, -0.2) is 4.79 Å². The molecule has 2 aromatic rings. The third-order valence-electron chi connectivity index (χ3n) is 5.30. The fourth-order valence-electron chi connectivity index (χ4n) is 3.52. The SMILES string of the molecule is CCN(CC)CCOc1cccc(-c2cc(C(=O)NC3CCNC3)c(NC(N)=O)s2)c1. The van der Waals surface area contributed by atoms with Crippen molar-refractivity contribution >= 4 is 28.3 Å². The number of benzene rings is 1. The second-order valence-corrected chi connectivity index (χ2v) is 8.46. The summed E-state index contributed by atoms with van der Waals surface area (Å²) in [7, 11) is 0. The molecule has 0 spiro atoms. The molecule has 0 saturated carbocycles. The number of nitrogens with one attached hydrogen (secondary N) is 3. The summed E-state index contributed by atoms with van der Waals surface area (Å²) in [6.07, 6.45) is 0.883. The predicted octanol–water partition coefficient (Wildman–Crippen LogP) is 2.72. The smallest absolute Gasteiger partial charge is 0.317 e. The third-order valence-corrected chi connectivity index (χ3v) is 6.40. The van der Waals surface area contributed by atoms with Crippen LogP contribution in [0.5, 0.6) is 5.75 Å². The number of hydrogen-bond donors (Lipinski definition) is 4. The Labute approximate surface area is 187 Å². The van der Waals surface area contributed by atoms with E-state index >= 15 is 0 Å². The van der Waals surface area contributed by atoms with E-state index in [9.17, 15) is 9.59 Å². The van der Waals surface area contributed by atoms with Gasteiger partial charge >= 0.3 is 6.03 Å². The molecule has 1 saturated heterocycles. The number of likely N-dealkylation sites (N-methyl/N-ethyl adjacent to an activating group) is 1. The van der Waals surface area contributed by atoms with E-state index in [1.54, 1.807) is 6.07 Å². The second-order valence-electron chi connectivity index (χ2n) is 7.41. The van der Waals surface area contributed by atoms with Crippen molar-refractivity contribution in [3.8, 4) is 16.2 Å². The molecule has 1 aromatic carbocycles. The lowest BCUT2D eigenvalue weighted by atomic mass is 10.1. The maximum Gasteiger partial charge on any atom is 0.317 e. The minimum Gasteiger partial charge on any atom is -0.492 e. The van der Waals surface area contributed by atoms with Crippen LogP contribution >= 0.6 is 11.3 Å². The van der Waals surface area contributed by atoms with Gasteiger partial charge in [-0.1, -0.05) is 26.0 Å². The van der Waals surface area contributed by atoms with Crippen LogP contribution in [0.3, 0.4) is 0 Å². The van der Waals surface area contributed by atoms with Gasteiger partial charge in [-0.15, -0.1) is 11.3 Å². The van der Waals surface area contributed by atoms with Crippen LogP contribution < -0.4 is 26.4 Å². The van der Waals surface area contributed by atoms with Gasteiger partial charge < -0.3 is 26.0 Å². The number of hydrogen-bond acceptors (Lipinski definition) is 6. The Bertz CT molecular complexity index is 891. The van der Waals surface area contributed by atoms with Gasteiger partial charge in [-0.3, -0.25) is 10.1 Å². The zero-order valence-electron chi connectivity index (χ0n) is 18.1. The Morgan fingerprint density at radius 2 is 2.10 bits per heavy atom. The van der Waals surface area contributed by atoms with E-state index in [-0.39, 0.29) is 11.9 Å². The van der Waals surface area contributed by atoms with Gasteiger partial charge in [0.25, 0.3) is 5.91 Å². The number of primary amides is 1. The number of nitrogens with two attached hydrogens (primary N) is 1. The van der Waals surface area contributed by atoms with Crippen LogP contribution in [0.1, 0.15) is 30.6 Å². The van der Waals surface area contributed by atoms with E-state index in [0.717, 1.165) is 55.3 Å². The summed E-state index contributed by atoms with van der Waals surface area (Å²) in [5.74, 6) is 0.553. The van der Waals surface area contributed by atoms with Gasteiger partial charge in [0.1, 0.15) is 17.4 Å². The van der Waals surface area contributed by atoms with Crippen molar-refractivity contribution in [2.24, 2.45) is 5.73 Å². The molecule has 1 aromatic heterocycles. The summed E-state index contributed by atoms with van der Waals surface area (Å²) in [5.41, 5.74) is 6.65. The number of rotatable bonds is 10. The molecular formula is C22H31N5O3S. The normalized spacial score (nSPS) is 15.8. The summed E-state index contributed by atoms with van der Waals surface area (Å²) in [6.45, 7) is 9.35.